The van der Waals surface area contributed by atoms with Gasteiger partial charge in [-0.2, -0.15) is 5.10 Å². The van der Waals surface area contributed by atoms with E-state index in [0.29, 0.717) is 30.7 Å². The molecule has 0 spiro atoms. The SMILES string of the molecule is CCOc1cc(C=Nn2cc(C)nc2N)ccc1OCc1ccc(C)cc1. The number of anilines is 1. The zero-order chi connectivity index (χ0) is 19.2. The van der Waals surface area contributed by atoms with Gasteiger partial charge in [-0.05, 0) is 50.1 Å². The Morgan fingerprint density at radius 3 is 2.52 bits per heavy atom. The summed E-state index contributed by atoms with van der Waals surface area (Å²) in [4.78, 5) is 4.13. The van der Waals surface area contributed by atoms with E-state index in [9.17, 15) is 0 Å². The van der Waals surface area contributed by atoms with E-state index >= 15 is 0 Å². The molecule has 2 N–H and O–H groups in total. The van der Waals surface area contributed by atoms with Crippen molar-refractivity contribution in [1.29, 1.82) is 0 Å². The Hall–Kier alpha value is -3.28. The van der Waals surface area contributed by atoms with Crippen molar-refractivity contribution in [1.82, 2.24) is 9.66 Å². The minimum Gasteiger partial charge on any atom is -0.490 e. The van der Waals surface area contributed by atoms with Gasteiger partial charge in [0.25, 0.3) is 0 Å². The third kappa shape index (κ3) is 4.88. The second-order valence-electron chi connectivity index (χ2n) is 6.24. The molecule has 27 heavy (non-hydrogen) atoms. The monoisotopic (exact) mass is 364 g/mol. The predicted octanol–water partition coefficient (Wildman–Crippen LogP) is 3.94. The molecular formula is C21H24N4O2. The highest BCUT2D eigenvalue weighted by Crippen LogP contribution is 2.29. The largest absolute Gasteiger partial charge is 0.490 e. The summed E-state index contributed by atoms with van der Waals surface area (Å²) >= 11 is 0. The first-order valence-electron chi connectivity index (χ1n) is 8.86. The summed E-state index contributed by atoms with van der Waals surface area (Å²) in [6, 6.07) is 14.0. The van der Waals surface area contributed by atoms with Gasteiger partial charge in [-0.25, -0.2) is 9.66 Å². The standard InChI is InChI=1S/C21H24N4O2/c1-4-26-20-11-18(12-23-25-13-16(3)24-21(25)22)9-10-19(20)27-14-17-7-5-15(2)6-8-17/h5-13H,4,14H2,1-3H3,(H2,22,24). The van der Waals surface area contributed by atoms with Crippen LogP contribution in [0.2, 0.25) is 0 Å². The molecular weight excluding hydrogens is 340 g/mol. The average Bonchev–Trinajstić information content (AvgIpc) is 2.98. The van der Waals surface area contributed by atoms with Crippen LogP contribution < -0.4 is 15.2 Å². The molecule has 2 aromatic carbocycles. The minimum absolute atomic E-state index is 0.354. The quantitative estimate of drug-likeness (QED) is 0.644. The zero-order valence-electron chi connectivity index (χ0n) is 15.8. The molecule has 0 unspecified atom stereocenters. The van der Waals surface area contributed by atoms with Gasteiger partial charge >= 0.3 is 0 Å². The molecule has 0 fully saturated rings. The third-order valence-electron chi connectivity index (χ3n) is 3.95. The Bertz CT molecular complexity index is 930. The molecule has 6 nitrogen and oxygen atoms in total. The molecule has 0 atom stereocenters. The number of aromatic nitrogens is 2. The van der Waals surface area contributed by atoms with Crippen LogP contribution in [0.4, 0.5) is 5.95 Å². The second kappa shape index (κ2) is 8.40. The highest BCUT2D eigenvalue weighted by molar-refractivity contribution is 5.81. The van der Waals surface area contributed by atoms with Crippen molar-refractivity contribution in [3.8, 4) is 11.5 Å². The number of nitrogens with zero attached hydrogens (tertiary/aromatic N) is 3. The Balaban J connectivity index is 1.75. The molecule has 0 aliphatic rings. The summed E-state index contributed by atoms with van der Waals surface area (Å²) in [7, 11) is 0. The lowest BCUT2D eigenvalue weighted by molar-refractivity contribution is 0.269. The number of benzene rings is 2. The molecule has 0 bridgehead atoms. The molecule has 0 saturated carbocycles. The van der Waals surface area contributed by atoms with Crippen LogP contribution in [0.5, 0.6) is 11.5 Å². The van der Waals surface area contributed by atoms with Crippen molar-refractivity contribution in [2.24, 2.45) is 5.10 Å². The summed E-state index contributed by atoms with van der Waals surface area (Å²) in [5.74, 6) is 1.74. The van der Waals surface area contributed by atoms with Crippen molar-refractivity contribution in [2.45, 2.75) is 27.4 Å². The number of imidazole rings is 1. The maximum absolute atomic E-state index is 5.95. The van der Waals surface area contributed by atoms with Gasteiger partial charge in [-0.1, -0.05) is 29.8 Å². The van der Waals surface area contributed by atoms with Crippen LogP contribution in [0, 0.1) is 13.8 Å². The normalized spacial score (nSPS) is 11.1. The smallest absolute Gasteiger partial charge is 0.221 e. The number of rotatable bonds is 7. The Kier molecular flexibility index (Phi) is 5.76. The van der Waals surface area contributed by atoms with Crippen molar-refractivity contribution in [3.63, 3.8) is 0 Å². The van der Waals surface area contributed by atoms with Crippen LogP contribution in [-0.4, -0.2) is 22.5 Å². The zero-order valence-corrected chi connectivity index (χ0v) is 15.8. The van der Waals surface area contributed by atoms with Gasteiger partial charge in [0.15, 0.2) is 11.5 Å². The van der Waals surface area contributed by atoms with Gasteiger partial charge in [0.1, 0.15) is 6.61 Å². The molecule has 1 heterocycles. The Labute approximate surface area is 159 Å². The summed E-state index contributed by atoms with van der Waals surface area (Å²) in [5.41, 5.74) is 9.84. The van der Waals surface area contributed by atoms with E-state index in [1.165, 1.54) is 10.2 Å². The fourth-order valence-corrected chi connectivity index (χ4v) is 2.56. The first-order valence-corrected chi connectivity index (χ1v) is 8.86. The van der Waals surface area contributed by atoms with Gasteiger partial charge < -0.3 is 15.2 Å². The van der Waals surface area contributed by atoms with Crippen LogP contribution in [0.15, 0.2) is 53.8 Å². The topological polar surface area (TPSA) is 74.7 Å². The van der Waals surface area contributed by atoms with Crippen molar-refractivity contribution < 1.29 is 9.47 Å². The molecule has 0 amide bonds. The molecule has 140 valence electrons. The maximum atomic E-state index is 5.95. The van der Waals surface area contributed by atoms with E-state index < -0.39 is 0 Å². The number of hydrogen-bond acceptors (Lipinski definition) is 5. The number of hydrogen-bond donors (Lipinski definition) is 1. The molecule has 0 saturated heterocycles. The first-order chi connectivity index (χ1) is 13.0. The summed E-state index contributed by atoms with van der Waals surface area (Å²) in [5, 5.41) is 4.34. The van der Waals surface area contributed by atoms with Gasteiger partial charge in [-0.3, -0.25) is 0 Å². The first kappa shape index (κ1) is 18.5. The van der Waals surface area contributed by atoms with Crippen molar-refractivity contribution in [3.05, 3.63) is 71.0 Å². The predicted molar refractivity (Wildman–Crippen MR) is 107 cm³/mol. The van der Waals surface area contributed by atoms with Gasteiger partial charge in [0, 0.05) is 0 Å². The Morgan fingerprint density at radius 1 is 1.07 bits per heavy atom. The molecule has 3 aromatic rings. The number of ether oxygens (including phenoxy) is 2. The van der Waals surface area contributed by atoms with E-state index in [1.807, 2.05) is 32.0 Å². The molecule has 0 aliphatic heterocycles. The average molecular weight is 364 g/mol. The highest BCUT2D eigenvalue weighted by atomic mass is 16.5. The number of aryl methyl sites for hydroxylation is 2. The van der Waals surface area contributed by atoms with E-state index in [2.05, 4.69) is 41.3 Å². The van der Waals surface area contributed by atoms with E-state index in [0.717, 1.165) is 16.8 Å². The molecule has 0 aliphatic carbocycles. The second-order valence-corrected chi connectivity index (χ2v) is 6.24. The van der Waals surface area contributed by atoms with Gasteiger partial charge in [0.05, 0.1) is 24.7 Å². The van der Waals surface area contributed by atoms with Crippen LogP contribution in [0.3, 0.4) is 0 Å². The van der Waals surface area contributed by atoms with Gasteiger partial charge in [-0.15, -0.1) is 0 Å². The summed E-state index contributed by atoms with van der Waals surface area (Å²) in [6.45, 7) is 6.92. The maximum Gasteiger partial charge on any atom is 0.221 e. The van der Waals surface area contributed by atoms with Gasteiger partial charge in [0.2, 0.25) is 5.95 Å². The minimum atomic E-state index is 0.354. The summed E-state index contributed by atoms with van der Waals surface area (Å²) in [6.07, 6.45) is 3.48. The molecule has 1 aromatic heterocycles. The lowest BCUT2D eigenvalue weighted by Crippen LogP contribution is -2.01. The fraction of sp³-hybridized carbons (Fsp3) is 0.238. The van der Waals surface area contributed by atoms with Crippen LogP contribution in [0.25, 0.3) is 0 Å². The number of nitrogens with two attached hydrogens (primary N) is 1. The number of nitrogen functional groups attached to an aromatic ring is 1. The Morgan fingerprint density at radius 2 is 1.85 bits per heavy atom. The lowest BCUT2D eigenvalue weighted by Gasteiger charge is -2.12. The fourth-order valence-electron chi connectivity index (χ4n) is 2.56. The van der Waals surface area contributed by atoms with Crippen molar-refractivity contribution >= 4 is 12.2 Å². The van der Waals surface area contributed by atoms with Crippen LogP contribution >= 0.6 is 0 Å². The van der Waals surface area contributed by atoms with Crippen LogP contribution in [0.1, 0.15) is 29.3 Å². The van der Waals surface area contributed by atoms with E-state index in [-0.39, 0.29) is 0 Å². The van der Waals surface area contributed by atoms with Crippen LogP contribution in [-0.2, 0) is 6.61 Å². The van der Waals surface area contributed by atoms with E-state index in [4.69, 9.17) is 15.2 Å². The van der Waals surface area contributed by atoms with Crippen molar-refractivity contribution in [2.75, 3.05) is 12.3 Å². The third-order valence-corrected chi connectivity index (χ3v) is 3.95. The molecule has 6 heteroatoms. The highest BCUT2D eigenvalue weighted by Gasteiger charge is 2.07. The molecule has 3 rings (SSSR count). The molecule has 0 radical (unpaired) electrons. The lowest BCUT2D eigenvalue weighted by atomic mass is 10.2. The summed E-state index contributed by atoms with van der Waals surface area (Å²) < 4.78 is 13.2. The van der Waals surface area contributed by atoms with E-state index in [1.54, 1.807) is 12.4 Å².